The molecule has 4 heteroatoms. The fourth-order valence-electron chi connectivity index (χ4n) is 3.53. The average molecular weight is 355 g/mol. The van der Waals surface area contributed by atoms with E-state index in [0.717, 1.165) is 44.9 Å². The second kappa shape index (κ2) is 14.1. The van der Waals surface area contributed by atoms with E-state index in [1.54, 1.807) is 0 Å². The lowest BCUT2D eigenvalue weighted by Gasteiger charge is -2.25. The van der Waals surface area contributed by atoms with Crippen LogP contribution in [0.5, 0.6) is 0 Å². The summed E-state index contributed by atoms with van der Waals surface area (Å²) in [4.78, 5) is 24.6. The van der Waals surface area contributed by atoms with Crippen molar-refractivity contribution in [1.29, 1.82) is 0 Å². The summed E-state index contributed by atoms with van der Waals surface area (Å²) in [5.74, 6) is -0.229. The summed E-state index contributed by atoms with van der Waals surface area (Å²) in [6, 6.07) is 0. The summed E-state index contributed by atoms with van der Waals surface area (Å²) in [6.45, 7) is 5.19. The molecule has 4 nitrogen and oxygen atoms in total. The summed E-state index contributed by atoms with van der Waals surface area (Å²) >= 11 is 0. The van der Waals surface area contributed by atoms with Crippen molar-refractivity contribution >= 4 is 11.9 Å². The van der Waals surface area contributed by atoms with Gasteiger partial charge in [-0.3, -0.25) is 9.59 Å². The molecule has 0 N–H and O–H groups in total. The summed E-state index contributed by atoms with van der Waals surface area (Å²) in [7, 11) is 0. The molecule has 0 aromatic heterocycles. The second-order valence-electron chi connectivity index (χ2n) is 7.44. The van der Waals surface area contributed by atoms with Crippen LogP contribution in [-0.4, -0.2) is 25.2 Å². The Labute approximate surface area is 154 Å². The minimum Gasteiger partial charge on any atom is -0.466 e. The van der Waals surface area contributed by atoms with E-state index < -0.39 is 0 Å². The molecular weight excluding hydrogens is 316 g/mol. The van der Waals surface area contributed by atoms with E-state index in [1.807, 2.05) is 0 Å². The average Bonchev–Trinajstić information content (AvgIpc) is 2.62. The molecular formula is C21H38O4. The van der Waals surface area contributed by atoms with Crippen LogP contribution in [0.25, 0.3) is 0 Å². The van der Waals surface area contributed by atoms with Gasteiger partial charge < -0.3 is 9.47 Å². The highest BCUT2D eigenvalue weighted by Crippen LogP contribution is 2.31. The van der Waals surface area contributed by atoms with Gasteiger partial charge in [-0.25, -0.2) is 0 Å². The SMILES string of the molecule is CCCCCOC(=O)CC(CC1CCCCC1)C(=O)OCCCCC. The van der Waals surface area contributed by atoms with Crippen molar-refractivity contribution in [1.82, 2.24) is 0 Å². The third kappa shape index (κ3) is 10.5. The zero-order valence-corrected chi connectivity index (χ0v) is 16.4. The van der Waals surface area contributed by atoms with Crippen LogP contribution < -0.4 is 0 Å². The Balaban J connectivity index is 2.44. The van der Waals surface area contributed by atoms with Crippen LogP contribution in [0.2, 0.25) is 0 Å². The van der Waals surface area contributed by atoms with Gasteiger partial charge in [-0.2, -0.15) is 0 Å². The lowest BCUT2D eigenvalue weighted by atomic mass is 9.82. The molecule has 1 aliphatic carbocycles. The van der Waals surface area contributed by atoms with Crippen molar-refractivity contribution in [3.8, 4) is 0 Å². The molecule has 1 atom stereocenters. The number of esters is 2. The molecule has 0 spiro atoms. The number of rotatable bonds is 13. The van der Waals surface area contributed by atoms with Gasteiger partial charge in [0.15, 0.2) is 0 Å². The summed E-state index contributed by atoms with van der Waals surface area (Å²) in [5.41, 5.74) is 0. The highest BCUT2D eigenvalue weighted by atomic mass is 16.5. The van der Waals surface area contributed by atoms with Gasteiger partial charge in [0.25, 0.3) is 0 Å². The first-order valence-corrected chi connectivity index (χ1v) is 10.5. The highest BCUT2D eigenvalue weighted by Gasteiger charge is 2.28. The van der Waals surface area contributed by atoms with Crippen LogP contribution >= 0.6 is 0 Å². The Hall–Kier alpha value is -1.06. The van der Waals surface area contributed by atoms with E-state index in [4.69, 9.17) is 9.47 Å². The van der Waals surface area contributed by atoms with Gasteiger partial charge in [0, 0.05) is 0 Å². The van der Waals surface area contributed by atoms with Gasteiger partial charge in [0.05, 0.1) is 25.6 Å². The molecule has 1 aliphatic rings. The molecule has 0 saturated heterocycles. The fraction of sp³-hybridized carbons (Fsp3) is 0.905. The van der Waals surface area contributed by atoms with Crippen molar-refractivity contribution < 1.29 is 19.1 Å². The number of ether oxygens (including phenoxy) is 2. The summed E-state index contributed by atoms with van der Waals surface area (Å²) in [5, 5.41) is 0. The smallest absolute Gasteiger partial charge is 0.309 e. The molecule has 0 heterocycles. The lowest BCUT2D eigenvalue weighted by Crippen LogP contribution is -2.26. The van der Waals surface area contributed by atoms with Crippen LogP contribution in [-0.2, 0) is 19.1 Å². The number of carbonyl (C=O) groups excluding carboxylic acids is 2. The predicted octanol–water partition coefficient (Wildman–Crippen LogP) is 5.43. The van der Waals surface area contributed by atoms with Gasteiger partial charge in [0.2, 0.25) is 0 Å². The standard InChI is InChI=1S/C21H38O4/c1-3-5-10-14-24-20(22)17-19(16-18-12-8-7-9-13-18)21(23)25-15-11-6-4-2/h18-19H,3-17H2,1-2H3. The van der Waals surface area contributed by atoms with E-state index in [2.05, 4.69) is 13.8 Å². The minimum atomic E-state index is -0.330. The Bertz CT molecular complexity index is 361. The summed E-state index contributed by atoms with van der Waals surface area (Å²) in [6.07, 6.45) is 13.2. The summed E-state index contributed by atoms with van der Waals surface area (Å²) < 4.78 is 10.8. The zero-order valence-electron chi connectivity index (χ0n) is 16.4. The van der Waals surface area contributed by atoms with Crippen LogP contribution in [0.4, 0.5) is 0 Å². The molecule has 1 rings (SSSR count). The van der Waals surface area contributed by atoms with Crippen molar-refractivity contribution in [2.24, 2.45) is 11.8 Å². The Morgan fingerprint density at radius 1 is 0.880 bits per heavy atom. The number of hydrogen-bond donors (Lipinski definition) is 0. The molecule has 0 bridgehead atoms. The third-order valence-electron chi connectivity index (χ3n) is 5.09. The first-order chi connectivity index (χ1) is 12.2. The van der Waals surface area contributed by atoms with Gasteiger partial charge in [-0.1, -0.05) is 71.6 Å². The number of unbranched alkanes of at least 4 members (excludes halogenated alkanes) is 4. The first kappa shape index (κ1) is 22.0. The molecule has 25 heavy (non-hydrogen) atoms. The van der Waals surface area contributed by atoms with Crippen LogP contribution in [0.15, 0.2) is 0 Å². The first-order valence-electron chi connectivity index (χ1n) is 10.5. The number of carbonyl (C=O) groups is 2. The quantitative estimate of drug-likeness (QED) is 0.327. The molecule has 1 unspecified atom stereocenters. The van der Waals surface area contributed by atoms with Crippen molar-refractivity contribution in [2.45, 2.75) is 97.3 Å². The van der Waals surface area contributed by atoms with E-state index in [9.17, 15) is 9.59 Å². The molecule has 0 aliphatic heterocycles. The Morgan fingerprint density at radius 2 is 1.48 bits per heavy atom. The van der Waals surface area contributed by atoms with E-state index in [1.165, 1.54) is 32.1 Å². The normalized spacial score (nSPS) is 16.4. The molecule has 1 fully saturated rings. The lowest BCUT2D eigenvalue weighted by molar-refractivity contribution is -0.156. The van der Waals surface area contributed by atoms with Crippen LogP contribution in [0.3, 0.4) is 0 Å². The maximum Gasteiger partial charge on any atom is 0.309 e. The van der Waals surface area contributed by atoms with E-state index in [0.29, 0.717) is 19.1 Å². The maximum absolute atomic E-state index is 12.5. The molecule has 0 radical (unpaired) electrons. The minimum absolute atomic E-state index is 0.176. The highest BCUT2D eigenvalue weighted by molar-refractivity contribution is 5.80. The van der Waals surface area contributed by atoms with E-state index in [-0.39, 0.29) is 24.3 Å². The van der Waals surface area contributed by atoms with Crippen molar-refractivity contribution in [3.63, 3.8) is 0 Å². The fourth-order valence-corrected chi connectivity index (χ4v) is 3.53. The largest absolute Gasteiger partial charge is 0.466 e. The monoisotopic (exact) mass is 354 g/mol. The van der Waals surface area contributed by atoms with Crippen LogP contribution in [0, 0.1) is 11.8 Å². The Morgan fingerprint density at radius 3 is 2.08 bits per heavy atom. The molecule has 0 aromatic rings. The molecule has 146 valence electrons. The van der Waals surface area contributed by atoms with Gasteiger partial charge in [-0.15, -0.1) is 0 Å². The zero-order chi connectivity index (χ0) is 18.3. The van der Waals surface area contributed by atoms with Crippen molar-refractivity contribution in [3.05, 3.63) is 0 Å². The molecule has 0 aromatic carbocycles. The van der Waals surface area contributed by atoms with Gasteiger partial charge >= 0.3 is 11.9 Å². The number of hydrogen-bond acceptors (Lipinski definition) is 4. The topological polar surface area (TPSA) is 52.6 Å². The Kier molecular flexibility index (Phi) is 12.4. The predicted molar refractivity (Wildman–Crippen MR) is 100 cm³/mol. The van der Waals surface area contributed by atoms with Gasteiger partial charge in [0.1, 0.15) is 0 Å². The van der Waals surface area contributed by atoms with Crippen LogP contribution in [0.1, 0.15) is 97.3 Å². The van der Waals surface area contributed by atoms with Gasteiger partial charge in [-0.05, 0) is 25.2 Å². The third-order valence-corrected chi connectivity index (χ3v) is 5.09. The second-order valence-corrected chi connectivity index (χ2v) is 7.44. The molecule has 0 amide bonds. The maximum atomic E-state index is 12.5. The van der Waals surface area contributed by atoms with E-state index >= 15 is 0 Å². The molecule has 1 saturated carbocycles. The van der Waals surface area contributed by atoms with Crippen molar-refractivity contribution in [2.75, 3.05) is 13.2 Å².